The second-order valence-electron chi connectivity index (χ2n) is 8.81. The van der Waals surface area contributed by atoms with Crippen molar-refractivity contribution in [1.82, 2.24) is 24.4 Å². The summed E-state index contributed by atoms with van der Waals surface area (Å²) in [6.45, 7) is 10.6. The predicted octanol–water partition coefficient (Wildman–Crippen LogP) is 3.73. The van der Waals surface area contributed by atoms with Crippen molar-refractivity contribution in [2.24, 2.45) is 16.1 Å². The number of nitrogens with two attached hydrogens (primary N) is 1. The maximum atomic E-state index is 10.2. The maximum absolute atomic E-state index is 10.2. The van der Waals surface area contributed by atoms with E-state index in [1.54, 1.807) is 16.9 Å². The summed E-state index contributed by atoms with van der Waals surface area (Å²) < 4.78 is 3.79. The van der Waals surface area contributed by atoms with Crippen molar-refractivity contribution in [3.8, 4) is 11.3 Å². The molecule has 0 aliphatic heterocycles. The molecular weight excluding hydrogens is 390 g/mol. The third-order valence-electron chi connectivity index (χ3n) is 5.57. The third kappa shape index (κ3) is 5.02. The van der Waals surface area contributed by atoms with Gasteiger partial charge in [-0.2, -0.15) is 10.2 Å². The standard InChI is InChI=1S/C23H33N7O/c1-6-18(7-2)29-14-17(12-27-29)22-20-8-9-26-30(20)15-19(28-22)16(10-24)11-25-13-21(31)23(3,4)5/h8-12,14-15,18,21,31H,6-7,13,24H2,1-5H3. The lowest BCUT2D eigenvalue weighted by Gasteiger charge is -2.24. The molecule has 0 aromatic carbocycles. The molecule has 166 valence electrons. The van der Waals surface area contributed by atoms with E-state index >= 15 is 0 Å². The Balaban J connectivity index is 1.96. The first-order valence-corrected chi connectivity index (χ1v) is 10.8. The van der Waals surface area contributed by atoms with Gasteiger partial charge in [-0.05, 0) is 24.3 Å². The molecule has 1 atom stereocenters. The van der Waals surface area contributed by atoms with Crippen molar-refractivity contribution in [1.29, 1.82) is 0 Å². The van der Waals surface area contributed by atoms with Crippen LogP contribution in [0.3, 0.4) is 0 Å². The van der Waals surface area contributed by atoms with E-state index in [-0.39, 0.29) is 5.41 Å². The second-order valence-corrected chi connectivity index (χ2v) is 8.81. The van der Waals surface area contributed by atoms with E-state index in [1.807, 2.05) is 50.1 Å². The number of allylic oxidation sites excluding steroid dienone is 1. The fourth-order valence-corrected chi connectivity index (χ4v) is 3.32. The zero-order valence-corrected chi connectivity index (χ0v) is 19.0. The Hall–Kier alpha value is -3.00. The van der Waals surface area contributed by atoms with Gasteiger partial charge in [0.15, 0.2) is 0 Å². The summed E-state index contributed by atoms with van der Waals surface area (Å²) in [7, 11) is 0. The summed E-state index contributed by atoms with van der Waals surface area (Å²) in [6, 6.07) is 2.29. The van der Waals surface area contributed by atoms with E-state index < -0.39 is 6.10 Å². The van der Waals surface area contributed by atoms with Gasteiger partial charge < -0.3 is 10.8 Å². The van der Waals surface area contributed by atoms with E-state index in [4.69, 9.17) is 10.7 Å². The molecule has 1 unspecified atom stereocenters. The maximum Gasteiger partial charge on any atom is 0.0999 e. The largest absolute Gasteiger partial charge is 0.404 e. The Morgan fingerprint density at radius 3 is 2.61 bits per heavy atom. The number of aliphatic hydroxyl groups is 1. The predicted molar refractivity (Wildman–Crippen MR) is 125 cm³/mol. The third-order valence-corrected chi connectivity index (χ3v) is 5.57. The molecule has 31 heavy (non-hydrogen) atoms. The number of hydrogen-bond donors (Lipinski definition) is 2. The van der Waals surface area contributed by atoms with Crippen LogP contribution in [0.2, 0.25) is 0 Å². The first kappa shape index (κ1) is 22.7. The molecule has 3 N–H and O–H groups in total. The summed E-state index contributed by atoms with van der Waals surface area (Å²) >= 11 is 0. The molecule has 0 aliphatic carbocycles. The van der Waals surface area contributed by atoms with Gasteiger partial charge in [0.05, 0.1) is 54.2 Å². The van der Waals surface area contributed by atoms with Gasteiger partial charge in [-0.15, -0.1) is 0 Å². The lowest BCUT2D eigenvalue weighted by atomic mass is 9.89. The second kappa shape index (κ2) is 9.43. The van der Waals surface area contributed by atoms with Crippen LogP contribution in [0, 0.1) is 5.41 Å². The van der Waals surface area contributed by atoms with Crippen molar-refractivity contribution in [2.75, 3.05) is 6.54 Å². The lowest BCUT2D eigenvalue weighted by molar-refractivity contribution is 0.0715. The van der Waals surface area contributed by atoms with Crippen molar-refractivity contribution < 1.29 is 5.11 Å². The fraction of sp³-hybridized carbons (Fsp3) is 0.478. The quantitative estimate of drug-likeness (QED) is 0.537. The van der Waals surface area contributed by atoms with Crippen LogP contribution in [0.1, 0.15) is 59.2 Å². The van der Waals surface area contributed by atoms with Gasteiger partial charge in [0.25, 0.3) is 0 Å². The number of aliphatic imine (C=N–C) groups is 1. The van der Waals surface area contributed by atoms with E-state index in [2.05, 4.69) is 29.0 Å². The van der Waals surface area contributed by atoms with Crippen molar-refractivity contribution >= 4 is 17.3 Å². The van der Waals surface area contributed by atoms with Crippen LogP contribution in [-0.4, -0.2) is 48.3 Å². The minimum atomic E-state index is -0.546. The highest BCUT2D eigenvalue weighted by atomic mass is 16.3. The molecule has 3 rings (SSSR count). The molecule has 0 fully saturated rings. The molecule has 0 saturated carbocycles. The van der Waals surface area contributed by atoms with Gasteiger partial charge in [0, 0.05) is 29.7 Å². The van der Waals surface area contributed by atoms with Crippen molar-refractivity contribution in [3.05, 3.63) is 42.7 Å². The summed E-state index contributed by atoms with van der Waals surface area (Å²) in [5.74, 6) is 0. The van der Waals surface area contributed by atoms with Crippen LogP contribution < -0.4 is 5.73 Å². The molecular formula is C23H33N7O. The number of aliphatic hydroxyl groups excluding tert-OH is 1. The normalized spacial score (nSPS) is 14.2. The Kier molecular flexibility index (Phi) is 6.90. The number of hydrogen-bond acceptors (Lipinski definition) is 6. The average molecular weight is 424 g/mol. The zero-order valence-electron chi connectivity index (χ0n) is 19.0. The van der Waals surface area contributed by atoms with Gasteiger partial charge in [-0.1, -0.05) is 34.6 Å². The minimum absolute atomic E-state index is 0.238. The monoisotopic (exact) mass is 423 g/mol. The summed E-state index contributed by atoms with van der Waals surface area (Å²) in [4.78, 5) is 9.26. The van der Waals surface area contributed by atoms with Crippen molar-refractivity contribution in [3.63, 3.8) is 0 Å². The van der Waals surface area contributed by atoms with Crippen LogP contribution in [0.5, 0.6) is 0 Å². The molecule has 3 heterocycles. The van der Waals surface area contributed by atoms with Crippen LogP contribution in [0.4, 0.5) is 0 Å². The molecule has 0 radical (unpaired) electrons. The Morgan fingerprint density at radius 1 is 1.23 bits per heavy atom. The van der Waals surface area contributed by atoms with Crippen molar-refractivity contribution in [2.45, 2.75) is 59.6 Å². The van der Waals surface area contributed by atoms with Crippen LogP contribution in [-0.2, 0) is 0 Å². The number of aromatic nitrogens is 5. The average Bonchev–Trinajstić information content (AvgIpc) is 3.40. The van der Waals surface area contributed by atoms with Crippen LogP contribution in [0.25, 0.3) is 22.3 Å². The van der Waals surface area contributed by atoms with E-state index in [0.29, 0.717) is 23.9 Å². The summed E-state index contributed by atoms with van der Waals surface area (Å²) in [5.41, 5.74) is 9.57. The smallest absolute Gasteiger partial charge is 0.0999 e. The van der Waals surface area contributed by atoms with Crippen LogP contribution >= 0.6 is 0 Å². The highest BCUT2D eigenvalue weighted by molar-refractivity contribution is 6.09. The topological polar surface area (TPSA) is 107 Å². The molecule has 3 aromatic heterocycles. The molecule has 0 spiro atoms. The minimum Gasteiger partial charge on any atom is -0.404 e. The summed E-state index contributed by atoms with van der Waals surface area (Å²) in [5, 5.41) is 19.2. The number of fused-ring (bicyclic) bond motifs is 1. The first-order chi connectivity index (χ1) is 14.8. The first-order valence-electron chi connectivity index (χ1n) is 10.8. The zero-order chi connectivity index (χ0) is 22.6. The molecule has 0 bridgehead atoms. The van der Waals surface area contributed by atoms with Gasteiger partial charge in [0.1, 0.15) is 0 Å². The lowest BCUT2D eigenvalue weighted by Crippen LogP contribution is -2.28. The molecule has 0 saturated heterocycles. The van der Waals surface area contributed by atoms with E-state index in [9.17, 15) is 5.11 Å². The molecule has 0 aliphatic rings. The molecule has 8 heteroatoms. The van der Waals surface area contributed by atoms with E-state index in [1.165, 1.54) is 6.20 Å². The SMILES string of the molecule is CCC(CC)n1cc(-c2nc(C(C=NCC(O)C(C)(C)C)=CN)cn3nccc23)cn1. The number of nitrogens with zero attached hydrogens (tertiary/aromatic N) is 6. The Labute approximate surface area is 183 Å². The van der Waals surface area contributed by atoms with Gasteiger partial charge in [-0.3, -0.25) is 9.67 Å². The van der Waals surface area contributed by atoms with Gasteiger partial charge in [-0.25, -0.2) is 9.50 Å². The van der Waals surface area contributed by atoms with E-state index in [0.717, 1.165) is 29.6 Å². The van der Waals surface area contributed by atoms with Gasteiger partial charge >= 0.3 is 0 Å². The van der Waals surface area contributed by atoms with Crippen LogP contribution in [0.15, 0.2) is 42.0 Å². The van der Waals surface area contributed by atoms with Gasteiger partial charge in [0.2, 0.25) is 0 Å². The Morgan fingerprint density at radius 2 is 1.97 bits per heavy atom. The summed E-state index contributed by atoms with van der Waals surface area (Å²) in [6.07, 6.45) is 12.1. The highest BCUT2D eigenvalue weighted by Gasteiger charge is 2.21. The highest BCUT2D eigenvalue weighted by Crippen LogP contribution is 2.26. The number of rotatable bonds is 8. The fourth-order valence-electron chi connectivity index (χ4n) is 3.32. The Bertz CT molecular complexity index is 1070. The molecule has 3 aromatic rings. The molecule has 0 amide bonds. The molecule has 8 nitrogen and oxygen atoms in total.